The quantitative estimate of drug-likeness (QED) is 0.691. The molecular weight excluding hydrogens is 210 g/mol. The molecule has 0 fully saturated rings. The lowest BCUT2D eigenvalue weighted by Gasteiger charge is -2.13. The summed E-state index contributed by atoms with van der Waals surface area (Å²) in [4.78, 5) is 1.74. The molecule has 0 saturated carbocycles. The van der Waals surface area contributed by atoms with Gasteiger partial charge in [-0.2, -0.15) is 0 Å². The largest absolute Gasteiger partial charge is 0.464 e. The van der Waals surface area contributed by atoms with E-state index in [1.807, 2.05) is 38.4 Å². The van der Waals surface area contributed by atoms with Crippen LogP contribution in [-0.4, -0.2) is 24.2 Å². The van der Waals surface area contributed by atoms with E-state index in [9.17, 15) is 0 Å². The molecule has 2 aromatic rings. The normalized spacial score (nSPS) is 10.3. The molecule has 0 aliphatic rings. The molecule has 0 atom stereocenters. The smallest absolute Gasteiger partial charge is 0.264 e. The van der Waals surface area contributed by atoms with Gasteiger partial charge in [0.1, 0.15) is 11.3 Å². The summed E-state index contributed by atoms with van der Waals surface area (Å²) in [6.07, 6.45) is 1.65. The van der Waals surface area contributed by atoms with E-state index in [1.54, 1.807) is 11.2 Å². The van der Waals surface area contributed by atoms with Gasteiger partial charge < -0.3 is 14.1 Å². The molecule has 15 heavy (non-hydrogen) atoms. The second-order valence-electron chi connectivity index (χ2n) is 3.38. The van der Waals surface area contributed by atoms with E-state index in [1.165, 1.54) is 0 Å². The Kier molecular flexibility index (Phi) is 2.60. The molecule has 1 aromatic heterocycles. The molecule has 0 aliphatic heterocycles. The molecule has 1 aromatic carbocycles. The lowest BCUT2D eigenvalue weighted by atomic mass is 10.2. The summed E-state index contributed by atoms with van der Waals surface area (Å²) in [6, 6.07) is 7.49. The fourth-order valence-corrected chi connectivity index (χ4v) is 1.30. The first kappa shape index (κ1) is 9.98. The van der Waals surface area contributed by atoms with E-state index >= 15 is 0 Å². The number of benzene rings is 1. The highest BCUT2D eigenvalue weighted by Crippen LogP contribution is 2.21. The van der Waals surface area contributed by atoms with Crippen molar-refractivity contribution in [3.05, 3.63) is 30.5 Å². The minimum absolute atomic E-state index is 0.442. The minimum atomic E-state index is 0.442. The van der Waals surface area contributed by atoms with Crippen LogP contribution in [0.2, 0.25) is 0 Å². The highest BCUT2D eigenvalue weighted by molar-refractivity contribution is 7.80. The molecule has 78 valence electrons. The van der Waals surface area contributed by atoms with Gasteiger partial charge in [0.15, 0.2) is 0 Å². The number of hydrogen-bond donors (Lipinski definition) is 0. The number of hydrogen-bond acceptors (Lipinski definition) is 3. The Morgan fingerprint density at radius 2 is 2.13 bits per heavy atom. The van der Waals surface area contributed by atoms with Crippen molar-refractivity contribution in [3.63, 3.8) is 0 Å². The Bertz CT molecular complexity index is 490. The van der Waals surface area contributed by atoms with E-state index in [-0.39, 0.29) is 0 Å². The van der Waals surface area contributed by atoms with Crippen LogP contribution in [0, 0.1) is 0 Å². The summed E-state index contributed by atoms with van der Waals surface area (Å²) in [7, 11) is 3.69. The molecule has 3 nitrogen and oxygen atoms in total. The Morgan fingerprint density at radius 1 is 1.33 bits per heavy atom. The number of nitrogens with zero attached hydrogens (tertiary/aromatic N) is 1. The Hall–Kier alpha value is -1.55. The maximum absolute atomic E-state index is 5.47. The highest BCUT2D eigenvalue weighted by atomic mass is 32.1. The maximum Gasteiger partial charge on any atom is 0.264 e. The average Bonchev–Trinajstić information content (AvgIpc) is 2.64. The van der Waals surface area contributed by atoms with Crippen molar-refractivity contribution < 1.29 is 9.15 Å². The van der Waals surface area contributed by atoms with Crippen molar-refractivity contribution in [2.24, 2.45) is 0 Å². The molecule has 1 heterocycles. The molecule has 4 heteroatoms. The van der Waals surface area contributed by atoms with E-state index in [4.69, 9.17) is 21.4 Å². The zero-order valence-electron chi connectivity index (χ0n) is 8.56. The van der Waals surface area contributed by atoms with Gasteiger partial charge in [-0.25, -0.2) is 0 Å². The summed E-state index contributed by atoms with van der Waals surface area (Å²) < 4.78 is 10.7. The first-order valence-corrected chi connectivity index (χ1v) is 4.94. The molecule has 0 bridgehead atoms. The molecule has 0 amide bonds. The third-order valence-electron chi connectivity index (χ3n) is 1.99. The van der Waals surface area contributed by atoms with Crippen molar-refractivity contribution in [1.82, 2.24) is 4.90 Å². The van der Waals surface area contributed by atoms with Crippen LogP contribution in [0.3, 0.4) is 0 Å². The van der Waals surface area contributed by atoms with Gasteiger partial charge in [0, 0.05) is 19.5 Å². The van der Waals surface area contributed by atoms with Crippen LogP contribution in [-0.2, 0) is 0 Å². The highest BCUT2D eigenvalue weighted by Gasteiger charge is 2.04. The van der Waals surface area contributed by atoms with Crippen molar-refractivity contribution in [3.8, 4) is 5.75 Å². The van der Waals surface area contributed by atoms with Crippen LogP contribution >= 0.6 is 12.2 Å². The van der Waals surface area contributed by atoms with Gasteiger partial charge in [0.2, 0.25) is 0 Å². The molecule has 0 radical (unpaired) electrons. The lowest BCUT2D eigenvalue weighted by molar-refractivity contribution is 0.449. The fourth-order valence-electron chi connectivity index (χ4n) is 1.20. The van der Waals surface area contributed by atoms with Crippen molar-refractivity contribution in [2.75, 3.05) is 14.1 Å². The fraction of sp³-hybridized carbons (Fsp3) is 0.182. The first-order valence-electron chi connectivity index (χ1n) is 4.53. The Morgan fingerprint density at radius 3 is 2.87 bits per heavy atom. The average molecular weight is 221 g/mol. The zero-order chi connectivity index (χ0) is 10.8. The monoisotopic (exact) mass is 221 g/mol. The minimum Gasteiger partial charge on any atom is -0.464 e. The topological polar surface area (TPSA) is 25.6 Å². The Labute approximate surface area is 93.2 Å². The van der Waals surface area contributed by atoms with Crippen LogP contribution in [0.1, 0.15) is 0 Å². The van der Waals surface area contributed by atoms with Gasteiger partial charge in [-0.05, 0) is 36.5 Å². The van der Waals surface area contributed by atoms with Crippen molar-refractivity contribution >= 4 is 28.4 Å². The van der Waals surface area contributed by atoms with Crippen LogP contribution in [0.25, 0.3) is 11.0 Å². The molecule has 0 N–H and O–H groups in total. The number of fused-ring (bicyclic) bond motifs is 1. The molecule has 0 saturated heterocycles. The Balaban J connectivity index is 2.25. The van der Waals surface area contributed by atoms with Gasteiger partial charge in [0.05, 0.1) is 6.26 Å². The summed E-state index contributed by atoms with van der Waals surface area (Å²) in [5, 5.41) is 1.45. The summed E-state index contributed by atoms with van der Waals surface area (Å²) >= 11 is 5.04. The first-order chi connectivity index (χ1) is 7.16. The SMILES string of the molecule is CN(C)C(=S)Oc1ccc2occc2c1. The summed E-state index contributed by atoms with van der Waals surface area (Å²) in [5.41, 5.74) is 0.845. The molecule has 0 unspecified atom stereocenters. The second-order valence-corrected chi connectivity index (χ2v) is 3.73. The van der Waals surface area contributed by atoms with Crippen LogP contribution < -0.4 is 4.74 Å². The molecule has 0 aliphatic carbocycles. The predicted molar refractivity (Wildman–Crippen MR) is 63.1 cm³/mol. The van der Waals surface area contributed by atoms with Crippen LogP contribution in [0.15, 0.2) is 34.9 Å². The van der Waals surface area contributed by atoms with Gasteiger partial charge in [-0.15, -0.1) is 0 Å². The number of rotatable bonds is 1. The second kappa shape index (κ2) is 3.90. The van der Waals surface area contributed by atoms with Gasteiger partial charge in [-0.1, -0.05) is 0 Å². The van der Waals surface area contributed by atoms with E-state index < -0.39 is 0 Å². The van der Waals surface area contributed by atoms with E-state index in [2.05, 4.69) is 0 Å². The number of furan rings is 1. The van der Waals surface area contributed by atoms with Crippen molar-refractivity contribution in [1.29, 1.82) is 0 Å². The maximum atomic E-state index is 5.47. The standard InChI is InChI=1S/C11H11NO2S/c1-12(2)11(15)14-9-3-4-10-8(7-9)5-6-13-10/h3-7H,1-2H3. The third-order valence-corrected chi connectivity index (χ3v) is 2.44. The summed E-state index contributed by atoms with van der Waals surface area (Å²) in [5.74, 6) is 0.725. The van der Waals surface area contributed by atoms with Gasteiger partial charge in [0.25, 0.3) is 5.17 Å². The van der Waals surface area contributed by atoms with E-state index in [0.29, 0.717) is 5.17 Å². The molecule has 0 spiro atoms. The lowest BCUT2D eigenvalue weighted by Crippen LogP contribution is -2.24. The number of ether oxygens (including phenoxy) is 1. The van der Waals surface area contributed by atoms with Crippen LogP contribution in [0.4, 0.5) is 0 Å². The van der Waals surface area contributed by atoms with Crippen molar-refractivity contribution in [2.45, 2.75) is 0 Å². The van der Waals surface area contributed by atoms with E-state index in [0.717, 1.165) is 16.7 Å². The molecular formula is C11H11NO2S. The zero-order valence-corrected chi connectivity index (χ0v) is 9.38. The molecule has 2 rings (SSSR count). The van der Waals surface area contributed by atoms with Gasteiger partial charge >= 0.3 is 0 Å². The number of thiocarbonyl (C=S) groups is 1. The summed E-state index contributed by atoms with van der Waals surface area (Å²) in [6.45, 7) is 0. The van der Waals surface area contributed by atoms with Gasteiger partial charge in [-0.3, -0.25) is 0 Å². The van der Waals surface area contributed by atoms with Crippen LogP contribution in [0.5, 0.6) is 5.75 Å². The third kappa shape index (κ3) is 2.10. The predicted octanol–water partition coefficient (Wildman–Crippen LogP) is 2.66.